The molecule has 5 nitrogen and oxygen atoms in total. The van der Waals surface area contributed by atoms with E-state index in [0.717, 1.165) is 6.42 Å². The molecular formula is C13H23NO4. The van der Waals surface area contributed by atoms with Gasteiger partial charge >= 0.3 is 5.97 Å². The molecule has 104 valence electrons. The molecule has 1 aliphatic heterocycles. The zero-order valence-corrected chi connectivity index (χ0v) is 11.4. The molecule has 0 spiro atoms. The van der Waals surface area contributed by atoms with Crippen LogP contribution in [-0.2, 0) is 14.3 Å². The largest absolute Gasteiger partial charge is 0.481 e. The van der Waals surface area contributed by atoms with Crippen LogP contribution in [0.1, 0.15) is 40.0 Å². The molecule has 1 fully saturated rings. The summed E-state index contributed by atoms with van der Waals surface area (Å²) in [6, 6.07) is 0.0964. The smallest absolute Gasteiger partial charge is 0.303 e. The predicted octanol–water partition coefficient (Wildman–Crippen LogP) is 1.51. The number of aliphatic carboxylic acids is 1. The van der Waals surface area contributed by atoms with Crippen molar-refractivity contribution in [1.82, 2.24) is 4.90 Å². The van der Waals surface area contributed by atoms with E-state index in [9.17, 15) is 9.59 Å². The Morgan fingerprint density at radius 2 is 2.11 bits per heavy atom. The fourth-order valence-corrected chi connectivity index (χ4v) is 2.29. The van der Waals surface area contributed by atoms with Gasteiger partial charge in [0.05, 0.1) is 12.0 Å². The summed E-state index contributed by atoms with van der Waals surface area (Å²) in [5.74, 6) is -0.790. The highest BCUT2D eigenvalue weighted by Gasteiger charge is 2.34. The van der Waals surface area contributed by atoms with Crippen molar-refractivity contribution in [2.24, 2.45) is 5.92 Å². The molecule has 1 amide bonds. The maximum Gasteiger partial charge on any atom is 0.303 e. The Kier molecular flexibility index (Phi) is 5.59. The average molecular weight is 257 g/mol. The van der Waals surface area contributed by atoms with Crippen LogP contribution in [0.5, 0.6) is 0 Å². The van der Waals surface area contributed by atoms with Crippen LogP contribution < -0.4 is 0 Å². The van der Waals surface area contributed by atoms with Gasteiger partial charge in [-0.1, -0.05) is 0 Å². The van der Waals surface area contributed by atoms with Gasteiger partial charge in [-0.15, -0.1) is 0 Å². The molecule has 1 N–H and O–H groups in total. The summed E-state index contributed by atoms with van der Waals surface area (Å²) < 4.78 is 5.42. The minimum absolute atomic E-state index is 0.0294. The van der Waals surface area contributed by atoms with E-state index in [4.69, 9.17) is 9.84 Å². The summed E-state index contributed by atoms with van der Waals surface area (Å²) in [7, 11) is 0. The van der Waals surface area contributed by atoms with Crippen LogP contribution in [0, 0.1) is 5.92 Å². The van der Waals surface area contributed by atoms with Crippen LogP contribution >= 0.6 is 0 Å². The van der Waals surface area contributed by atoms with E-state index in [2.05, 4.69) is 0 Å². The monoisotopic (exact) mass is 257 g/mol. The van der Waals surface area contributed by atoms with E-state index >= 15 is 0 Å². The maximum atomic E-state index is 12.4. The van der Waals surface area contributed by atoms with Gasteiger partial charge in [-0.05, 0) is 33.6 Å². The number of carbonyl (C=O) groups is 2. The van der Waals surface area contributed by atoms with E-state index in [-0.39, 0.29) is 30.4 Å². The third-order valence-electron chi connectivity index (χ3n) is 3.39. The summed E-state index contributed by atoms with van der Waals surface area (Å²) in [5.41, 5.74) is 0. The lowest BCUT2D eigenvalue weighted by atomic mass is 10.00. The first kappa shape index (κ1) is 15.0. The Balaban J connectivity index is 2.55. The Morgan fingerprint density at radius 3 is 2.56 bits per heavy atom. The van der Waals surface area contributed by atoms with Gasteiger partial charge in [0, 0.05) is 25.6 Å². The molecule has 0 aromatic carbocycles. The van der Waals surface area contributed by atoms with E-state index in [0.29, 0.717) is 19.6 Å². The quantitative estimate of drug-likeness (QED) is 0.783. The lowest BCUT2D eigenvalue weighted by Crippen LogP contribution is -2.43. The van der Waals surface area contributed by atoms with Crippen molar-refractivity contribution < 1.29 is 19.4 Å². The van der Waals surface area contributed by atoms with E-state index in [1.807, 2.05) is 20.8 Å². The fraction of sp³-hybridized carbons (Fsp3) is 0.846. The maximum absolute atomic E-state index is 12.4. The standard InChI is InChI=1S/C13H23NO4/c1-9(2)14(7-4-5-12(15)16)13(17)11-6-8-18-10(11)3/h9-11H,4-8H2,1-3H3,(H,15,16). The average Bonchev–Trinajstić information content (AvgIpc) is 2.69. The molecule has 2 atom stereocenters. The molecule has 1 heterocycles. The van der Waals surface area contributed by atoms with Gasteiger partial charge in [0.1, 0.15) is 0 Å². The summed E-state index contributed by atoms with van der Waals surface area (Å²) in [6.45, 7) is 6.98. The molecule has 0 aromatic rings. The van der Waals surface area contributed by atoms with Crippen molar-refractivity contribution in [2.75, 3.05) is 13.2 Å². The molecule has 18 heavy (non-hydrogen) atoms. The van der Waals surface area contributed by atoms with Crippen molar-refractivity contribution in [1.29, 1.82) is 0 Å². The minimum Gasteiger partial charge on any atom is -0.481 e. The number of hydrogen-bond donors (Lipinski definition) is 1. The number of ether oxygens (including phenoxy) is 1. The van der Waals surface area contributed by atoms with Crippen molar-refractivity contribution in [2.45, 2.75) is 52.2 Å². The number of nitrogens with zero attached hydrogens (tertiary/aromatic N) is 1. The molecule has 0 radical (unpaired) electrons. The number of amides is 1. The van der Waals surface area contributed by atoms with Crippen molar-refractivity contribution in [3.8, 4) is 0 Å². The molecule has 2 unspecified atom stereocenters. The highest BCUT2D eigenvalue weighted by molar-refractivity contribution is 5.80. The second-order valence-corrected chi connectivity index (χ2v) is 5.09. The summed E-state index contributed by atoms with van der Waals surface area (Å²) in [6.07, 6.45) is 1.34. The molecular weight excluding hydrogens is 234 g/mol. The summed E-state index contributed by atoms with van der Waals surface area (Å²) in [4.78, 5) is 24.7. The molecule has 0 saturated carbocycles. The summed E-state index contributed by atoms with van der Waals surface area (Å²) in [5, 5.41) is 8.63. The van der Waals surface area contributed by atoms with Gasteiger partial charge in [0.15, 0.2) is 0 Å². The van der Waals surface area contributed by atoms with Gasteiger partial charge in [0.25, 0.3) is 0 Å². The zero-order chi connectivity index (χ0) is 13.7. The SMILES string of the molecule is CC1OCCC1C(=O)N(CCCC(=O)O)C(C)C. The van der Waals surface area contributed by atoms with Crippen molar-refractivity contribution >= 4 is 11.9 Å². The molecule has 0 aromatic heterocycles. The normalized spacial score (nSPS) is 23.3. The van der Waals surface area contributed by atoms with E-state index in [1.54, 1.807) is 4.90 Å². The van der Waals surface area contributed by atoms with E-state index in [1.165, 1.54) is 0 Å². The van der Waals surface area contributed by atoms with Crippen LogP contribution in [-0.4, -0.2) is 47.2 Å². The predicted molar refractivity (Wildman–Crippen MR) is 67.2 cm³/mol. The van der Waals surface area contributed by atoms with Crippen molar-refractivity contribution in [3.05, 3.63) is 0 Å². The van der Waals surface area contributed by atoms with Crippen LogP contribution in [0.4, 0.5) is 0 Å². The van der Waals surface area contributed by atoms with Gasteiger partial charge in [-0.3, -0.25) is 9.59 Å². The van der Waals surface area contributed by atoms with Gasteiger partial charge in [-0.25, -0.2) is 0 Å². The van der Waals surface area contributed by atoms with Crippen LogP contribution in [0.2, 0.25) is 0 Å². The van der Waals surface area contributed by atoms with Crippen LogP contribution in [0.25, 0.3) is 0 Å². The highest BCUT2D eigenvalue weighted by atomic mass is 16.5. The lowest BCUT2D eigenvalue weighted by Gasteiger charge is -2.30. The lowest BCUT2D eigenvalue weighted by molar-refractivity contribution is -0.141. The Hall–Kier alpha value is -1.10. The number of rotatable bonds is 6. The second kappa shape index (κ2) is 6.73. The number of carbonyl (C=O) groups excluding carboxylic acids is 1. The van der Waals surface area contributed by atoms with Gasteiger partial charge in [-0.2, -0.15) is 0 Å². The first-order valence-electron chi connectivity index (χ1n) is 6.57. The Bertz CT molecular complexity index is 303. The first-order valence-corrected chi connectivity index (χ1v) is 6.57. The van der Waals surface area contributed by atoms with E-state index < -0.39 is 5.97 Å². The highest BCUT2D eigenvalue weighted by Crippen LogP contribution is 2.23. The molecule has 0 aliphatic carbocycles. The number of hydrogen-bond acceptors (Lipinski definition) is 3. The van der Waals surface area contributed by atoms with Crippen LogP contribution in [0.15, 0.2) is 0 Å². The number of carboxylic acids is 1. The Labute approximate surface area is 108 Å². The van der Waals surface area contributed by atoms with Crippen molar-refractivity contribution in [3.63, 3.8) is 0 Å². The van der Waals surface area contributed by atoms with Gasteiger partial charge < -0.3 is 14.7 Å². The first-order chi connectivity index (χ1) is 8.43. The minimum atomic E-state index is -0.816. The third-order valence-corrected chi connectivity index (χ3v) is 3.39. The molecule has 1 rings (SSSR count). The second-order valence-electron chi connectivity index (χ2n) is 5.09. The molecule has 5 heteroatoms. The third kappa shape index (κ3) is 3.98. The van der Waals surface area contributed by atoms with Gasteiger partial charge in [0.2, 0.25) is 5.91 Å². The topological polar surface area (TPSA) is 66.8 Å². The molecule has 0 bridgehead atoms. The molecule has 1 aliphatic rings. The fourth-order valence-electron chi connectivity index (χ4n) is 2.29. The summed E-state index contributed by atoms with van der Waals surface area (Å²) >= 11 is 0. The zero-order valence-electron chi connectivity index (χ0n) is 11.4. The molecule has 1 saturated heterocycles. The van der Waals surface area contributed by atoms with Crippen LogP contribution in [0.3, 0.4) is 0 Å². The Morgan fingerprint density at radius 1 is 1.44 bits per heavy atom. The number of carboxylic acid groups (broad SMARTS) is 1.